The highest BCUT2D eigenvalue weighted by Gasteiger charge is 2.17. The lowest BCUT2D eigenvalue weighted by atomic mass is 10.1. The number of likely N-dealkylation sites (N-methyl/N-ethyl adjacent to an activating group) is 1. The number of thiazole rings is 1. The van der Waals surface area contributed by atoms with E-state index in [-0.39, 0.29) is 11.9 Å². The van der Waals surface area contributed by atoms with E-state index < -0.39 is 0 Å². The summed E-state index contributed by atoms with van der Waals surface area (Å²) in [5, 5.41) is 4.68. The summed E-state index contributed by atoms with van der Waals surface area (Å²) in [7, 11) is 6.06. The van der Waals surface area contributed by atoms with E-state index in [9.17, 15) is 4.79 Å². The van der Waals surface area contributed by atoms with Crippen molar-refractivity contribution in [2.45, 2.75) is 0 Å². The van der Waals surface area contributed by atoms with Gasteiger partial charge in [0.05, 0.1) is 10.4 Å². The number of pyridine rings is 1. The lowest BCUT2D eigenvalue weighted by Gasteiger charge is -2.33. The molecule has 1 fully saturated rings. The van der Waals surface area contributed by atoms with Crippen LogP contribution in [0.25, 0.3) is 21.3 Å². The molecule has 4 aromatic rings. The molecule has 174 valence electrons. The molecule has 1 N–H and O–H groups in total. The van der Waals surface area contributed by atoms with Gasteiger partial charge < -0.3 is 14.7 Å². The Balaban J connectivity index is 1.35. The number of carbonyl (C=O) groups excluding carboxylic acids is 1. The number of carbonyl (C=O) groups is 1. The maximum Gasteiger partial charge on any atom is 0.258 e. The topological polar surface area (TPSA) is 90.4 Å². The molecular formula is C24H26N8OS. The lowest BCUT2D eigenvalue weighted by molar-refractivity contribution is 0.102. The third kappa shape index (κ3) is 4.68. The summed E-state index contributed by atoms with van der Waals surface area (Å²) >= 11 is 1.62. The fraction of sp³-hybridized carbons (Fsp3) is 0.292. The Hall–Kier alpha value is -3.63. The highest BCUT2D eigenvalue weighted by atomic mass is 32.1. The second-order valence-corrected chi connectivity index (χ2v) is 9.52. The summed E-state index contributed by atoms with van der Waals surface area (Å²) in [6.45, 7) is 3.73. The van der Waals surface area contributed by atoms with Crippen LogP contribution in [-0.2, 0) is 0 Å². The van der Waals surface area contributed by atoms with E-state index >= 15 is 0 Å². The monoisotopic (exact) mass is 474 g/mol. The Kier molecular flexibility index (Phi) is 6.08. The van der Waals surface area contributed by atoms with Gasteiger partial charge in [0.1, 0.15) is 5.82 Å². The number of aromatic nitrogens is 4. The molecule has 0 bridgehead atoms. The van der Waals surface area contributed by atoms with E-state index in [0.717, 1.165) is 58.5 Å². The molecular weight excluding hydrogens is 448 g/mol. The Bertz CT molecular complexity index is 1330. The molecule has 0 aliphatic carbocycles. The molecule has 1 saturated heterocycles. The fourth-order valence-corrected chi connectivity index (χ4v) is 4.62. The predicted molar refractivity (Wildman–Crippen MR) is 137 cm³/mol. The predicted octanol–water partition coefficient (Wildman–Crippen LogP) is 3.22. The molecule has 3 aromatic heterocycles. The second kappa shape index (κ2) is 9.32. The Morgan fingerprint density at radius 1 is 1.03 bits per heavy atom. The highest BCUT2D eigenvalue weighted by molar-refractivity contribution is 7.18. The minimum Gasteiger partial charge on any atom is -0.354 e. The van der Waals surface area contributed by atoms with Gasteiger partial charge in [-0.05, 0) is 30.8 Å². The number of benzene rings is 1. The molecule has 0 atom stereocenters. The van der Waals surface area contributed by atoms with E-state index in [2.05, 4.69) is 42.1 Å². The van der Waals surface area contributed by atoms with Crippen molar-refractivity contribution >= 4 is 45.0 Å². The average Bonchev–Trinajstić information content (AvgIpc) is 3.35. The van der Waals surface area contributed by atoms with Crippen LogP contribution in [0.15, 0.2) is 48.9 Å². The van der Waals surface area contributed by atoms with Crippen LogP contribution in [0, 0.1) is 0 Å². The first-order valence-corrected chi connectivity index (χ1v) is 11.9. The highest BCUT2D eigenvalue weighted by Crippen LogP contribution is 2.31. The Morgan fingerprint density at radius 2 is 1.85 bits per heavy atom. The molecule has 1 amide bonds. The van der Waals surface area contributed by atoms with Crippen LogP contribution in [0.2, 0.25) is 0 Å². The van der Waals surface area contributed by atoms with Crippen molar-refractivity contribution in [1.29, 1.82) is 0 Å². The number of hydrogen-bond donors (Lipinski definition) is 1. The molecule has 34 heavy (non-hydrogen) atoms. The fourth-order valence-electron chi connectivity index (χ4n) is 3.78. The molecule has 1 aromatic carbocycles. The molecule has 4 heterocycles. The number of anilines is 3. The third-order valence-corrected chi connectivity index (χ3v) is 7.02. The standard InChI is InChI=1S/C24H26N8OS/c1-30(2)24-27-15-20(34-24)16-4-5-18-14-26-23(28-19(18)12-16)29-22(33)17-6-7-25-21(13-17)32-10-8-31(3)9-11-32/h4-7,12-15H,8-11H2,1-3H3,(H,26,28,29,33). The van der Waals surface area contributed by atoms with Gasteiger partial charge in [0, 0.05) is 69.8 Å². The van der Waals surface area contributed by atoms with Crippen LogP contribution in [0.5, 0.6) is 0 Å². The first-order valence-electron chi connectivity index (χ1n) is 11.1. The number of piperazine rings is 1. The van der Waals surface area contributed by atoms with E-state index in [0.29, 0.717) is 5.56 Å². The maximum absolute atomic E-state index is 12.9. The van der Waals surface area contributed by atoms with Gasteiger partial charge in [0.25, 0.3) is 5.91 Å². The molecule has 0 spiro atoms. The summed E-state index contributed by atoms with van der Waals surface area (Å²) in [6.07, 6.45) is 5.27. The average molecular weight is 475 g/mol. The lowest BCUT2D eigenvalue weighted by Crippen LogP contribution is -2.44. The van der Waals surface area contributed by atoms with Gasteiger partial charge >= 0.3 is 0 Å². The summed E-state index contributed by atoms with van der Waals surface area (Å²) in [6, 6.07) is 9.55. The van der Waals surface area contributed by atoms with E-state index in [1.54, 1.807) is 29.8 Å². The smallest absolute Gasteiger partial charge is 0.258 e. The van der Waals surface area contributed by atoms with Gasteiger partial charge in [-0.2, -0.15) is 0 Å². The van der Waals surface area contributed by atoms with Crippen LogP contribution in [0.4, 0.5) is 16.9 Å². The van der Waals surface area contributed by atoms with Crippen molar-refractivity contribution < 1.29 is 4.79 Å². The van der Waals surface area contributed by atoms with Gasteiger partial charge in [-0.25, -0.2) is 19.9 Å². The van der Waals surface area contributed by atoms with Crippen LogP contribution < -0.4 is 15.1 Å². The van der Waals surface area contributed by atoms with E-state index in [1.807, 2.05) is 49.5 Å². The Morgan fingerprint density at radius 3 is 2.62 bits per heavy atom. The van der Waals surface area contributed by atoms with E-state index in [1.165, 1.54) is 0 Å². The molecule has 5 rings (SSSR count). The maximum atomic E-state index is 12.9. The van der Waals surface area contributed by atoms with Crippen LogP contribution >= 0.6 is 11.3 Å². The quantitative estimate of drug-likeness (QED) is 0.472. The zero-order chi connectivity index (χ0) is 23.7. The number of fused-ring (bicyclic) bond motifs is 1. The van der Waals surface area contributed by atoms with Crippen molar-refractivity contribution in [2.75, 3.05) is 62.4 Å². The van der Waals surface area contributed by atoms with Crippen molar-refractivity contribution in [3.05, 3.63) is 54.5 Å². The zero-order valence-corrected chi connectivity index (χ0v) is 20.2. The second-order valence-electron chi connectivity index (χ2n) is 8.52. The van der Waals surface area contributed by atoms with E-state index in [4.69, 9.17) is 0 Å². The molecule has 0 unspecified atom stereocenters. The molecule has 1 aliphatic rings. The van der Waals surface area contributed by atoms with Gasteiger partial charge in [-0.15, -0.1) is 0 Å². The summed E-state index contributed by atoms with van der Waals surface area (Å²) < 4.78 is 0. The van der Waals surface area contributed by atoms with Gasteiger partial charge in [-0.1, -0.05) is 23.5 Å². The third-order valence-electron chi connectivity index (χ3n) is 5.80. The van der Waals surface area contributed by atoms with Gasteiger partial charge in [-0.3, -0.25) is 10.1 Å². The van der Waals surface area contributed by atoms with Crippen LogP contribution in [0.1, 0.15) is 10.4 Å². The van der Waals surface area contributed by atoms with Crippen LogP contribution in [-0.4, -0.2) is 78.1 Å². The minimum atomic E-state index is -0.258. The molecule has 0 saturated carbocycles. The SMILES string of the molecule is CN1CCN(c2cc(C(=O)Nc3ncc4ccc(-c5cnc(N(C)C)s5)cc4n3)ccn2)CC1. The van der Waals surface area contributed by atoms with Crippen molar-refractivity contribution in [3.63, 3.8) is 0 Å². The molecule has 0 radical (unpaired) electrons. The summed E-state index contributed by atoms with van der Waals surface area (Å²) in [5.41, 5.74) is 2.32. The molecule has 1 aliphatic heterocycles. The largest absolute Gasteiger partial charge is 0.354 e. The van der Waals surface area contributed by atoms with Gasteiger partial charge in [0.2, 0.25) is 5.95 Å². The van der Waals surface area contributed by atoms with Crippen molar-refractivity contribution in [3.8, 4) is 10.4 Å². The first-order chi connectivity index (χ1) is 16.5. The van der Waals surface area contributed by atoms with Crippen molar-refractivity contribution in [2.24, 2.45) is 0 Å². The molecule has 10 heteroatoms. The molecule has 9 nitrogen and oxygen atoms in total. The number of rotatable bonds is 5. The summed E-state index contributed by atoms with van der Waals surface area (Å²) in [4.78, 5) is 38.3. The number of nitrogens with one attached hydrogen (secondary N) is 1. The Labute approximate surface area is 202 Å². The van der Waals surface area contributed by atoms with Gasteiger partial charge in [0.15, 0.2) is 5.13 Å². The minimum absolute atomic E-state index is 0.258. The first kappa shape index (κ1) is 22.2. The normalized spacial score (nSPS) is 14.4. The van der Waals surface area contributed by atoms with Crippen LogP contribution in [0.3, 0.4) is 0 Å². The number of nitrogens with zero attached hydrogens (tertiary/aromatic N) is 7. The zero-order valence-electron chi connectivity index (χ0n) is 19.4. The van der Waals surface area contributed by atoms with Crippen molar-refractivity contribution in [1.82, 2.24) is 24.8 Å². The number of hydrogen-bond acceptors (Lipinski definition) is 9. The number of amides is 1. The summed E-state index contributed by atoms with van der Waals surface area (Å²) in [5.74, 6) is 0.823.